The Labute approximate surface area is 176 Å². The van der Waals surface area contributed by atoms with E-state index in [2.05, 4.69) is 5.32 Å². The number of carbonyl (C=O) groups is 1. The number of nitrogens with one attached hydrogen (secondary N) is 1. The van der Waals surface area contributed by atoms with Crippen molar-refractivity contribution in [3.05, 3.63) is 65.4 Å². The van der Waals surface area contributed by atoms with Crippen LogP contribution in [0.1, 0.15) is 27.7 Å². The number of ether oxygens (including phenoxy) is 1. The minimum absolute atomic E-state index is 0.0270. The number of carbonyl (C=O) groups excluding carboxylic acids is 1. The summed E-state index contributed by atoms with van der Waals surface area (Å²) < 4.78 is 35.1. The first kappa shape index (κ1) is 21.9. The highest BCUT2D eigenvalue weighted by atomic mass is 32.2. The highest BCUT2D eigenvalue weighted by molar-refractivity contribution is 7.89. The van der Waals surface area contributed by atoms with Crippen molar-refractivity contribution in [3.8, 4) is 5.75 Å². The molecule has 0 saturated heterocycles. The fourth-order valence-electron chi connectivity index (χ4n) is 3.47. The fraction of sp³-hybridized carbons (Fsp3) is 0.318. The number of hydrogen-bond donors (Lipinski definition) is 1. The first-order valence-electron chi connectivity index (χ1n) is 9.47. The number of nitrogens with zero attached hydrogens (tertiary/aromatic N) is 1. The van der Waals surface area contributed by atoms with E-state index in [1.54, 1.807) is 31.4 Å². The van der Waals surface area contributed by atoms with Gasteiger partial charge in [-0.3, -0.25) is 4.79 Å². The van der Waals surface area contributed by atoms with Gasteiger partial charge in [-0.15, -0.1) is 0 Å². The highest BCUT2D eigenvalue weighted by Crippen LogP contribution is 2.29. The SMILES string of the molecule is COc1ccccc1C(CNC(=O)c1oc2ccccc2c1CS(C)(=O)=O)N(C)C. The van der Waals surface area contributed by atoms with E-state index in [-0.39, 0.29) is 17.6 Å². The van der Waals surface area contributed by atoms with Gasteiger partial charge in [0.2, 0.25) is 0 Å². The number of furan rings is 1. The Kier molecular flexibility index (Phi) is 6.48. The zero-order valence-corrected chi connectivity index (χ0v) is 18.3. The predicted molar refractivity (Wildman–Crippen MR) is 117 cm³/mol. The summed E-state index contributed by atoms with van der Waals surface area (Å²) in [6.07, 6.45) is 1.14. The third-order valence-electron chi connectivity index (χ3n) is 4.89. The maximum Gasteiger partial charge on any atom is 0.287 e. The lowest BCUT2D eigenvalue weighted by Gasteiger charge is -2.26. The van der Waals surface area contributed by atoms with Gasteiger partial charge in [0.15, 0.2) is 15.6 Å². The van der Waals surface area contributed by atoms with Crippen LogP contribution in [0.25, 0.3) is 11.0 Å². The van der Waals surface area contributed by atoms with Crippen LogP contribution in [0.5, 0.6) is 5.75 Å². The number of rotatable bonds is 8. The molecule has 1 atom stereocenters. The number of amides is 1. The maximum absolute atomic E-state index is 13.0. The van der Waals surface area contributed by atoms with Crippen LogP contribution in [0.3, 0.4) is 0 Å². The van der Waals surface area contributed by atoms with E-state index in [9.17, 15) is 13.2 Å². The molecule has 3 aromatic rings. The molecule has 0 spiro atoms. The van der Waals surface area contributed by atoms with Crippen LogP contribution in [-0.2, 0) is 15.6 Å². The number of methoxy groups -OCH3 is 1. The third kappa shape index (κ3) is 4.83. The summed E-state index contributed by atoms with van der Waals surface area (Å²) in [6, 6.07) is 14.5. The van der Waals surface area contributed by atoms with Crippen LogP contribution in [0.2, 0.25) is 0 Å². The molecule has 1 N–H and O–H groups in total. The molecule has 160 valence electrons. The molecule has 8 heteroatoms. The van der Waals surface area contributed by atoms with Gasteiger partial charge in [-0.05, 0) is 26.2 Å². The molecule has 0 aliphatic rings. The number of fused-ring (bicyclic) bond motifs is 1. The lowest BCUT2D eigenvalue weighted by molar-refractivity contribution is 0.0915. The molecule has 1 amide bonds. The average molecular weight is 431 g/mol. The molecule has 2 aromatic carbocycles. The van der Waals surface area contributed by atoms with Gasteiger partial charge in [0.1, 0.15) is 11.3 Å². The Bertz CT molecular complexity index is 1150. The quantitative estimate of drug-likeness (QED) is 0.591. The van der Waals surface area contributed by atoms with Crippen molar-refractivity contribution in [2.45, 2.75) is 11.8 Å². The predicted octanol–water partition coefficient (Wildman–Crippen LogP) is 3.02. The second-order valence-electron chi connectivity index (χ2n) is 7.41. The zero-order chi connectivity index (χ0) is 21.9. The molecule has 7 nitrogen and oxygen atoms in total. The average Bonchev–Trinajstić information content (AvgIpc) is 3.05. The van der Waals surface area contributed by atoms with Crippen molar-refractivity contribution in [3.63, 3.8) is 0 Å². The van der Waals surface area contributed by atoms with Gasteiger partial charge >= 0.3 is 0 Å². The van der Waals surface area contributed by atoms with Crippen LogP contribution >= 0.6 is 0 Å². The molecule has 1 aromatic heterocycles. The van der Waals surface area contributed by atoms with Crippen LogP contribution in [-0.4, -0.2) is 53.2 Å². The molecular formula is C22H26N2O5S. The van der Waals surface area contributed by atoms with E-state index in [0.717, 1.165) is 17.6 Å². The summed E-state index contributed by atoms with van der Waals surface area (Å²) in [6.45, 7) is 0.293. The number of para-hydroxylation sites is 2. The van der Waals surface area contributed by atoms with Crippen molar-refractivity contribution in [1.82, 2.24) is 10.2 Å². The molecule has 30 heavy (non-hydrogen) atoms. The van der Waals surface area contributed by atoms with Gasteiger partial charge in [0.25, 0.3) is 5.91 Å². The van der Waals surface area contributed by atoms with E-state index < -0.39 is 15.7 Å². The Hall–Kier alpha value is -2.84. The molecule has 0 saturated carbocycles. The van der Waals surface area contributed by atoms with Gasteiger partial charge < -0.3 is 19.4 Å². The summed E-state index contributed by atoms with van der Waals surface area (Å²) in [5, 5.41) is 3.52. The fourth-order valence-corrected chi connectivity index (χ4v) is 4.28. The van der Waals surface area contributed by atoms with Crippen LogP contribution in [0, 0.1) is 0 Å². The molecular weight excluding hydrogens is 404 g/mol. The molecule has 3 rings (SSSR count). The summed E-state index contributed by atoms with van der Waals surface area (Å²) in [5.41, 5.74) is 1.80. The van der Waals surface area contributed by atoms with E-state index in [1.807, 2.05) is 43.3 Å². The number of likely N-dealkylation sites (N-methyl/N-ethyl adjacent to an activating group) is 1. The Morgan fingerprint density at radius 1 is 1.13 bits per heavy atom. The summed E-state index contributed by atoms with van der Waals surface area (Å²) in [5.74, 6) is 0.0360. The first-order chi connectivity index (χ1) is 14.2. The minimum Gasteiger partial charge on any atom is -0.496 e. The zero-order valence-electron chi connectivity index (χ0n) is 17.5. The van der Waals surface area contributed by atoms with E-state index >= 15 is 0 Å². The van der Waals surface area contributed by atoms with E-state index in [1.165, 1.54) is 0 Å². The second-order valence-corrected chi connectivity index (χ2v) is 9.55. The summed E-state index contributed by atoms with van der Waals surface area (Å²) in [7, 11) is 2.08. The van der Waals surface area contributed by atoms with Gasteiger partial charge in [-0.2, -0.15) is 0 Å². The van der Waals surface area contributed by atoms with Crippen molar-refractivity contribution in [1.29, 1.82) is 0 Å². The Morgan fingerprint density at radius 3 is 2.47 bits per heavy atom. The van der Waals surface area contributed by atoms with Gasteiger partial charge in [0.05, 0.1) is 18.9 Å². The molecule has 1 unspecified atom stereocenters. The molecule has 0 fully saturated rings. The lowest BCUT2D eigenvalue weighted by Crippen LogP contribution is -2.35. The van der Waals surface area contributed by atoms with E-state index in [0.29, 0.717) is 23.1 Å². The third-order valence-corrected chi connectivity index (χ3v) is 5.70. The topological polar surface area (TPSA) is 88.8 Å². The van der Waals surface area contributed by atoms with Gasteiger partial charge in [-0.25, -0.2) is 8.42 Å². The summed E-state index contributed by atoms with van der Waals surface area (Å²) in [4.78, 5) is 15.0. The van der Waals surface area contributed by atoms with Crippen molar-refractivity contribution in [2.75, 3.05) is 34.0 Å². The summed E-state index contributed by atoms with van der Waals surface area (Å²) >= 11 is 0. The largest absolute Gasteiger partial charge is 0.496 e. The Balaban J connectivity index is 1.90. The monoisotopic (exact) mass is 430 g/mol. The van der Waals surface area contributed by atoms with Gasteiger partial charge in [0, 0.05) is 29.3 Å². The van der Waals surface area contributed by atoms with Crippen molar-refractivity contribution >= 4 is 26.7 Å². The van der Waals surface area contributed by atoms with Crippen LogP contribution in [0.4, 0.5) is 0 Å². The van der Waals surface area contributed by atoms with Gasteiger partial charge in [-0.1, -0.05) is 36.4 Å². The van der Waals surface area contributed by atoms with Crippen molar-refractivity contribution in [2.24, 2.45) is 0 Å². The Morgan fingerprint density at radius 2 is 1.80 bits per heavy atom. The molecule has 0 aliphatic carbocycles. The van der Waals surface area contributed by atoms with E-state index in [4.69, 9.17) is 9.15 Å². The standard InChI is InChI=1S/C22H26N2O5S/c1-24(2)18(16-10-6-7-11-19(16)28-3)13-23-22(25)21-17(14-30(4,26)27)15-9-5-8-12-20(15)29-21/h5-12,18H,13-14H2,1-4H3,(H,23,25). The van der Waals surface area contributed by atoms with Crippen LogP contribution < -0.4 is 10.1 Å². The minimum atomic E-state index is -3.36. The number of sulfone groups is 1. The first-order valence-corrected chi connectivity index (χ1v) is 11.5. The smallest absolute Gasteiger partial charge is 0.287 e. The second kappa shape index (κ2) is 8.89. The molecule has 1 heterocycles. The molecule has 0 bridgehead atoms. The number of benzene rings is 2. The highest BCUT2D eigenvalue weighted by Gasteiger charge is 2.25. The van der Waals surface area contributed by atoms with Crippen LogP contribution in [0.15, 0.2) is 52.9 Å². The molecule has 0 radical (unpaired) electrons. The van der Waals surface area contributed by atoms with Crippen molar-refractivity contribution < 1.29 is 22.4 Å². The normalized spacial score (nSPS) is 12.8. The lowest BCUT2D eigenvalue weighted by atomic mass is 10.0. The molecule has 0 aliphatic heterocycles. The maximum atomic E-state index is 13.0. The number of hydrogen-bond acceptors (Lipinski definition) is 6.